The van der Waals surface area contributed by atoms with E-state index in [-0.39, 0.29) is 18.2 Å². The fourth-order valence-electron chi connectivity index (χ4n) is 1.88. The van der Waals surface area contributed by atoms with Gasteiger partial charge in [-0.25, -0.2) is 0 Å². The summed E-state index contributed by atoms with van der Waals surface area (Å²) in [4.78, 5) is 21.7. The predicted molar refractivity (Wildman–Crippen MR) is 84.9 cm³/mol. The summed E-state index contributed by atoms with van der Waals surface area (Å²) in [5.41, 5.74) is 0.316. The van der Waals surface area contributed by atoms with E-state index < -0.39 is 16.8 Å². The van der Waals surface area contributed by atoms with Gasteiger partial charge in [-0.05, 0) is 47.1 Å². The largest absolute Gasteiger partial charge is 0.481 e. The van der Waals surface area contributed by atoms with Crippen LogP contribution in [0.25, 0.3) is 0 Å². The van der Waals surface area contributed by atoms with Gasteiger partial charge >= 0.3 is 5.97 Å². The van der Waals surface area contributed by atoms with E-state index in [4.69, 9.17) is 5.11 Å². The maximum atomic E-state index is 11.2. The fraction of sp³-hybridized carbons (Fsp3) is 0.462. The lowest BCUT2D eigenvalue weighted by Gasteiger charge is -2.16. The van der Waals surface area contributed by atoms with Crippen LogP contribution in [0.5, 0.6) is 0 Å². The van der Waals surface area contributed by atoms with Crippen LogP contribution >= 0.6 is 22.6 Å². The number of hydrogen-bond acceptors (Lipinski definition) is 4. The molecule has 1 aromatic carbocycles. The fourth-order valence-corrected chi connectivity index (χ4v) is 2.35. The molecule has 7 heteroatoms. The standard InChI is InChI=1S/C13H17IN2O4/c1-8(2)5-9(13(17)18)7-15-11-4-3-10(14)6-12(11)16(19)20/h3-4,6,8-9,15H,5,7H2,1-2H3,(H,17,18). The molecule has 2 N–H and O–H groups in total. The smallest absolute Gasteiger partial charge is 0.308 e. The zero-order chi connectivity index (χ0) is 15.3. The molecule has 110 valence electrons. The van der Waals surface area contributed by atoms with E-state index >= 15 is 0 Å². The Morgan fingerprint density at radius 1 is 1.50 bits per heavy atom. The number of nitro groups is 1. The number of hydrogen-bond donors (Lipinski definition) is 2. The zero-order valence-electron chi connectivity index (χ0n) is 11.3. The summed E-state index contributed by atoms with van der Waals surface area (Å²) in [5.74, 6) is -1.20. The van der Waals surface area contributed by atoms with Crippen molar-refractivity contribution in [1.82, 2.24) is 0 Å². The minimum absolute atomic E-state index is 0.0365. The molecule has 0 saturated carbocycles. The normalized spacial score (nSPS) is 12.2. The summed E-state index contributed by atoms with van der Waals surface area (Å²) < 4.78 is 0.761. The van der Waals surface area contributed by atoms with Gasteiger partial charge in [-0.15, -0.1) is 0 Å². The monoisotopic (exact) mass is 392 g/mol. The lowest BCUT2D eigenvalue weighted by Crippen LogP contribution is -2.24. The topological polar surface area (TPSA) is 92.5 Å². The van der Waals surface area contributed by atoms with E-state index in [9.17, 15) is 14.9 Å². The van der Waals surface area contributed by atoms with Crippen LogP contribution in [0, 0.1) is 25.5 Å². The van der Waals surface area contributed by atoms with Crippen LogP contribution in [0.4, 0.5) is 11.4 Å². The number of aliphatic carboxylic acids is 1. The average Bonchev–Trinajstić information content (AvgIpc) is 2.34. The van der Waals surface area contributed by atoms with Crippen molar-refractivity contribution in [3.05, 3.63) is 31.9 Å². The summed E-state index contributed by atoms with van der Waals surface area (Å²) in [7, 11) is 0. The van der Waals surface area contributed by atoms with Gasteiger partial charge in [0.1, 0.15) is 5.69 Å². The zero-order valence-corrected chi connectivity index (χ0v) is 13.5. The third kappa shape index (κ3) is 4.95. The van der Waals surface area contributed by atoms with E-state index in [1.807, 2.05) is 36.4 Å². The molecule has 0 aliphatic rings. The van der Waals surface area contributed by atoms with Gasteiger partial charge in [0.05, 0.1) is 10.8 Å². The van der Waals surface area contributed by atoms with E-state index in [0.717, 1.165) is 3.57 Å². The second-order valence-corrected chi connectivity index (χ2v) is 6.21. The van der Waals surface area contributed by atoms with Gasteiger partial charge in [0.2, 0.25) is 0 Å². The van der Waals surface area contributed by atoms with Gasteiger partial charge < -0.3 is 10.4 Å². The van der Waals surface area contributed by atoms with Crippen molar-refractivity contribution in [3.63, 3.8) is 0 Å². The van der Waals surface area contributed by atoms with Gasteiger partial charge in [0, 0.05) is 16.2 Å². The Morgan fingerprint density at radius 3 is 2.65 bits per heavy atom. The number of nitrogens with one attached hydrogen (secondary N) is 1. The molecule has 0 spiro atoms. The highest BCUT2D eigenvalue weighted by Gasteiger charge is 2.21. The summed E-state index contributed by atoms with van der Waals surface area (Å²) in [5, 5.41) is 23.0. The summed E-state index contributed by atoms with van der Waals surface area (Å²) >= 11 is 2.00. The number of nitrogens with zero attached hydrogens (tertiary/aromatic N) is 1. The van der Waals surface area contributed by atoms with Crippen molar-refractivity contribution < 1.29 is 14.8 Å². The number of rotatable bonds is 7. The predicted octanol–water partition coefficient (Wildman–Crippen LogP) is 3.36. The Balaban J connectivity index is 2.82. The molecule has 0 amide bonds. The van der Waals surface area contributed by atoms with E-state index in [0.29, 0.717) is 12.1 Å². The molecule has 1 unspecified atom stereocenters. The molecule has 20 heavy (non-hydrogen) atoms. The summed E-state index contributed by atoms with van der Waals surface area (Å²) in [6.45, 7) is 4.07. The molecule has 0 radical (unpaired) electrons. The van der Waals surface area contributed by atoms with Gasteiger partial charge in [0.15, 0.2) is 0 Å². The molecule has 0 saturated heterocycles. The average molecular weight is 392 g/mol. The molecule has 1 aromatic rings. The Kier molecular flexibility index (Phi) is 6.18. The molecule has 0 heterocycles. The number of nitro benzene ring substituents is 1. The third-order valence-corrected chi connectivity index (χ3v) is 3.47. The first-order valence-corrected chi connectivity index (χ1v) is 7.29. The minimum Gasteiger partial charge on any atom is -0.481 e. The van der Waals surface area contributed by atoms with Crippen molar-refractivity contribution in [2.45, 2.75) is 20.3 Å². The number of carbonyl (C=O) groups is 1. The molecule has 1 atom stereocenters. The van der Waals surface area contributed by atoms with Crippen molar-refractivity contribution >= 4 is 39.9 Å². The maximum Gasteiger partial charge on any atom is 0.308 e. The van der Waals surface area contributed by atoms with Crippen LogP contribution in [0.3, 0.4) is 0 Å². The highest BCUT2D eigenvalue weighted by molar-refractivity contribution is 14.1. The van der Waals surface area contributed by atoms with Crippen molar-refractivity contribution in [2.24, 2.45) is 11.8 Å². The van der Waals surface area contributed by atoms with Crippen LogP contribution in [0.1, 0.15) is 20.3 Å². The molecule has 0 fully saturated rings. The first-order chi connectivity index (χ1) is 9.31. The second kappa shape index (κ2) is 7.41. The van der Waals surface area contributed by atoms with Crippen LogP contribution in [-0.2, 0) is 4.79 Å². The van der Waals surface area contributed by atoms with E-state index in [2.05, 4.69) is 5.32 Å². The first-order valence-electron chi connectivity index (χ1n) is 6.22. The van der Waals surface area contributed by atoms with Gasteiger partial charge in [0.25, 0.3) is 5.69 Å². The van der Waals surface area contributed by atoms with Crippen LogP contribution in [0.2, 0.25) is 0 Å². The SMILES string of the molecule is CC(C)CC(CNc1ccc(I)cc1[N+](=O)[O-])C(=O)O. The third-order valence-electron chi connectivity index (χ3n) is 2.80. The molecule has 6 nitrogen and oxygen atoms in total. The molecular weight excluding hydrogens is 375 g/mol. The Hall–Kier alpha value is -1.38. The lowest BCUT2D eigenvalue weighted by molar-refractivity contribution is -0.384. The van der Waals surface area contributed by atoms with Gasteiger partial charge in [-0.1, -0.05) is 13.8 Å². The molecule has 0 aliphatic heterocycles. The molecule has 0 aromatic heterocycles. The Bertz CT molecular complexity index is 505. The molecule has 0 bridgehead atoms. The number of carboxylic acids is 1. The number of benzene rings is 1. The quantitative estimate of drug-likeness (QED) is 0.422. The maximum absolute atomic E-state index is 11.2. The molecular formula is C13H17IN2O4. The number of anilines is 1. The minimum atomic E-state index is -0.889. The van der Waals surface area contributed by atoms with Crippen molar-refractivity contribution in [3.8, 4) is 0 Å². The highest BCUT2D eigenvalue weighted by Crippen LogP contribution is 2.27. The second-order valence-electron chi connectivity index (χ2n) is 4.96. The highest BCUT2D eigenvalue weighted by atomic mass is 127. The summed E-state index contributed by atoms with van der Waals surface area (Å²) in [6, 6.07) is 4.81. The van der Waals surface area contributed by atoms with Gasteiger partial charge in [-0.2, -0.15) is 0 Å². The number of halogens is 1. The van der Waals surface area contributed by atoms with Crippen LogP contribution in [-0.4, -0.2) is 22.5 Å². The first kappa shape index (κ1) is 16.7. The van der Waals surface area contributed by atoms with Crippen molar-refractivity contribution in [1.29, 1.82) is 0 Å². The Labute approximate surface area is 130 Å². The van der Waals surface area contributed by atoms with Crippen LogP contribution in [0.15, 0.2) is 18.2 Å². The van der Waals surface area contributed by atoms with Crippen LogP contribution < -0.4 is 5.32 Å². The molecule has 0 aliphatic carbocycles. The molecule has 1 rings (SSSR count). The summed E-state index contributed by atoms with van der Waals surface area (Å²) in [6.07, 6.45) is 0.528. The van der Waals surface area contributed by atoms with Gasteiger partial charge in [-0.3, -0.25) is 14.9 Å². The van der Waals surface area contributed by atoms with E-state index in [1.165, 1.54) is 6.07 Å². The van der Waals surface area contributed by atoms with E-state index in [1.54, 1.807) is 12.1 Å². The lowest BCUT2D eigenvalue weighted by atomic mass is 9.97. The Morgan fingerprint density at radius 2 is 2.15 bits per heavy atom. The number of carboxylic acid groups (broad SMARTS) is 1. The van der Waals surface area contributed by atoms with Crippen molar-refractivity contribution in [2.75, 3.05) is 11.9 Å².